The van der Waals surface area contributed by atoms with Crippen LogP contribution in [0.4, 0.5) is 11.4 Å². The van der Waals surface area contributed by atoms with Crippen molar-refractivity contribution in [2.24, 2.45) is 0 Å². The molecule has 0 saturated heterocycles. The molecule has 1 N–H and O–H groups in total. The number of benzene rings is 2. The van der Waals surface area contributed by atoms with Crippen molar-refractivity contribution < 1.29 is 13.3 Å². The van der Waals surface area contributed by atoms with Crippen molar-refractivity contribution in [2.75, 3.05) is 11.9 Å². The maximum Gasteiger partial charge on any atom is 0.288 e. The summed E-state index contributed by atoms with van der Waals surface area (Å²) in [4.78, 5) is 10.4. The number of anilines is 1. The van der Waals surface area contributed by atoms with Crippen molar-refractivity contribution in [1.29, 1.82) is 0 Å². The Labute approximate surface area is 134 Å². The summed E-state index contributed by atoms with van der Waals surface area (Å²) in [5.41, 5.74) is 1.93. The Morgan fingerprint density at radius 3 is 2.65 bits per heavy atom. The lowest BCUT2D eigenvalue weighted by atomic mass is 10.0. The first-order valence-corrected chi connectivity index (χ1v) is 8.75. The number of rotatable bonds is 3. The summed E-state index contributed by atoms with van der Waals surface area (Å²) in [5, 5.41) is 14.3. The second-order valence-corrected chi connectivity index (χ2v) is 7.44. The Morgan fingerprint density at radius 2 is 1.91 bits per heavy atom. The van der Waals surface area contributed by atoms with E-state index in [9.17, 15) is 18.5 Å². The highest BCUT2D eigenvalue weighted by atomic mass is 32.2. The average molecular weight is 332 g/mol. The lowest BCUT2D eigenvalue weighted by Crippen LogP contribution is -2.17. The molecule has 0 spiro atoms. The van der Waals surface area contributed by atoms with Crippen molar-refractivity contribution in [1.82, 2.24) is 0 Å². The van der Waals surface area contributed by atoms with E-state index in [0.29, 0.717) is 12.2 Å². The van der Waals surface area contributed by atoms with Crippen LogP contribution in [0.1, 0.15) is 17.5 Å². The summed E-state index contributed by atoms with van der Waals surface area (Å²) in [7, 11) is -3.98. The maximum atomic E-state index is 13.0. The Hall–Kier alpha value is -2.41. The van der Waals surface area contributed by atoms with Gasteiger partial charge in [0.2, 0.25) is 9.84 Å². The van der Waals surface area contributed by atoms with Crippen molar-refractivity contribution in [2.45, 2.75) is 29.6 Å². The number of aryl methyl sites for hydroxylation is 2. The van der Waals surface area contributed by atoms with Crippen LogP contribution < -0.4 is 5.32 Å². The zero-order chi connectivity index (χ0) is 16.6. The molecule has 0 fully saturated rings. The van der Waals surface area contributed by atoms with Crippen LogP contribution >= 0.6 is 0 Å². The van der Waals surface area contributed by atoms with Crippen LogP contribution in [0.3, 0.4) is 0 Å². The molecule has 6 nitrogen and oxygen atoms in total. The van der Waals surface area contributed by atoms with E-state index in [1.807, 2.05) is 13.0 Å². The van der Waals surface area contributed by atoms with Gasteiger partial charge in [0.1, 0.15) is 4.90 Å². The molecule has 0 aromatic heterocycles. The molecule has 1 aliphatic heterocycles. The molecule has 1 heterocycles. The van der Waals surface area contributed by atoms with Crippen LogP contribution in [0.25, 0.3) is 0 Å². The molecule has 1 aliphatic rings. The molecule has 0 unspecified atom stereocenters. The number of hydrogen-bond acceptors (Lipinski definition) is 5. The third kappa shape index (κ3) is 2.68. The highest BCUT2D eigenvalue weighted by molar-refractivity contribution is 7.91. The monoisotopic (exact) mass is 332 g/mol. The predicted molar refractivity (Wildman–Crippen MR) is 86.5 cm³/mol. The summed E-state index contributed by atoms with van der Waals surface area (Å²) in [6.07, 6.45) is 1.73. The van der Waals surface area contributed by atoms with Crippen LogP contribution in [-0.2, 0) is 16.3 Å². The Kier molecular flexibility index (Phi) is 3.81. The van der Waals surface area contributed by atoms with Crippen LogP contribution in [0.15, 0.2) is 46.2 Å². The largest absolute Gasteiger partial charge is 0.384 e. The number of hydrogen-bond donors (Lipinski definition) is 1. The Bertz CT molecular complexity index is 891. The second-order valence-electron chi connectivity index (χ2n) is 5.56. The van der Waals surface area contributed by atoms with E-state index in [-0.39, 0.29) is 9.79 Å². The quantitative estimate of drug-likeness (QED) is 0.689. The van der Waals surface area contributed by atoms with Gasteiger partial charge in [0, 0.05) is 12.6 Å². The molecule has 3 rings (SSSR count). The molecule has 120 valence electrons. The highest BCUT2D eigenvalue weighted by Crippen LogP contribution is 2.37. The second kappa shape index (κ2) is 5.66. The standard InChI is InChI=1S/C16H16N2O4S/c1-11-9-12-5-4-8-17-16(12)15(10-11)23(21,22)14-7-3-2-6-13(14)18(19)20/h2-3,6-7,9-10,17H,4-5,8H2,1H3. The fourth-order valence-electron chi connectivity index (χ4n) is 2.88. The zero-order valence-electron chi connectivity index (χ0n) is 12.6. The third-order valence-electron chi connectivity index (χ3n) is 3.89. The number of fused-ring (bicyclic) bond motifs is 1. The molecule has 0 aliphatic carbocycles. The van der Waals surface area contributed by atoms with E-state index in [4.69, 9.17) is 0 Å². The molecule has 2 aromatic rings. The van der Waals surface area contributed by atoms with Gasteiger partial charge in [0.25, 0.3) is 5.69 Å². The first-order valence-electron chi connectivity index (χ1n) is 7.27. The van der Waals surface area contributed by atoms with Crippen molar-refractivity contribution >= 4 is 21.2 Å². The average Bonchev–Trinajstić information content (AvgIpc) is 2.54. The van der Waals surface area contributed by atoms with Crippen molar-refractivity contribution in [3.63, 3.8) is 0 Å². The molecule has 0 atom stereocenters. The number of para-hydroxylation sites is 1. The first kappa shape index (κ1) is 15.5. The van der Waals surface area contributed by atoms with Crippen LogP contribution in [0.5, 0.6) is 0 Å². The SMILES string of the molecule is Cc1cc2c(c(S(=O)(=O)c3ccccc3[N+](=O)[O-])c1)NCCC2. The van der Waals surface area contributed by atoms with Crippen LogP contribution in [0, 0.1) is 17.0 Å². The molecule has 0 amide bonds. The summed E-state index contributed by atoms with van der Waals surface area (Å²) in [6, 6.07) is 8.98. The summed E-state index contributed by atoms with van der Waals surface area (Å²) < 4.78 is 26.1. The van der Waals surface area contributed by atoms with Gasteiger partial charge >= 0.3 is 0 Å². The number of nitrogens with zero attached hydrogens (tertiary/aromatic N) is 1. The van der Waals surface area contributed by atoms with Gasteiger partial charge < -0.3 is 5.32 Å². The number of nitro benzene ring substituents is 1. The molecular weight excluding hydrogens is 316 g/mol. The third-order valence-corrected chi connectivity index (χ3v) is 5.72. The van der Waals surface area contributed by atoms with E-state index < -0.39 is 20.4 Å². The maximum absolute atomic E-state index is 13.0. The molecular formula is C16H16N2O4S. The minimum atomic E-state index is -3.98. The van der Waals surface area contributed by atoms with Gasteiger partial charge in [-0.1, -0.05) is 18.2 Å². The molecule has 0 bridgehead atoms. The Morgan fingerprint density at radius 1 is 1.17 bits per heavy atom. The van der Waals surface area contributed by atoms with E-state index >= 15 is 0 Å². The van der Waals surface area contributed by atoms with Gasteiger partial charge in [-0.3, -0.25) is 10.1 Å². The normalized spacial score (nSPS) is 14.0. The fraction of sp³-hybridized carbons (Fsp3) is 0.250. The molecule has 7 heteroatoms. The summed E-state index contributed by atoms with van der Waals surface area (Å²) >= 11 is 0. The lowest BCUT2D eigenvalue weighted by molar-refractivity contribution is -0.387. The van der Waals surface area contributed by atoms with Gasteiger partial charge in [0.15, 0.2) is 0 Å². The van der Waals surface area contributed by atoms with Crippen LogP contribution in [-0.4, -0.2) is 19.9 Å². The van der Waals surface area contributed by atoms with E-state index in [2.05, 4.69) is 5.32 Å². The van der Waals surface area contributed by atoms with Gasteiger partial charge in [-0.05, 0) is 43.0 Å². The fourth-order valence-corrected chi connectivity index (χ4v) is 4.61. The van der Waals surface area contributed by atoms with Gasteiger partial charge in [-0.25, -0.2) is 8.42 Å². The number of nitro groups is 1. The van der Waals surface area contributed by atoms with Crippen molar-refractivity contribution in [3.8, 4) is 0 Å². The van der Waals surface area contributed by atoms with E-state index in [0.717, 1.165) is 24.0 Å². The Balaban J connectivity index is 2.26. The van der Waals surface area contributed by atoms with Gasteiger partial charge in [0.05, 0.1) is 15.5 Å². The van der Waals surface area contributed by atoms with E-state index in [1.165, 1.54) is 24.3 Å². The first-order chi connectivity index (χ1) is 10.9. The topological polar surface area (TPSA) is 89.3 Å². The number of sulfone groups is 1. The van der Waals surface area contributed by atoms with Gasteiger partial charge in [-0.2, -0.15) is 0 Å². The minimum absolute atomic E-state index is 0.113. The van der Waals surface area contributed by atoms with Crippen molar-refractivity contribution in [3.05, 3.63) is 57.6 Å². The molecule has 0 radical (unpaired) electrons. The smallest absolute Gasteiger partial charge is 0.288 e. The molecule has 0 saturated carbocycles. The highest BCUT2D eigenvalue weighted by Gasteiger charge is 2.30. The number of nitrogens with one attached hydrogen (secondary N) is 1. The lowest BCUT2D eigenvalue weighted by Gasteiger charge is -2.22. The zero-order valence-corrected chi connectivity index (χ0v) is 13.4. The summed E-state index contributed by atoms with van der Waals surface area (Å²) in [6.45, 7) is 2.52. The van der Waals surface area contributed by atoms with E-state index in [1.54, 1.807) is 6.07 Å². The van der Waals surface area contributed by atoms with Crippen LogP contribution in [0.2, 0.25) is 0 Å². The predicted octanol–water partition coefficient (Wildman–Crippen LogP) is 3.09. The molecule has 23 heavy (non-hydrogen) atoms. The summed E-state index contributed by atoms with van der Waals surface area (Å²) in [5.74, 6) is 0. The van der Waals surface area contributed by atoms with Gasteiger partial charge in [-0.15, -0.1) is 0 Å². The molecule has 2 aromatic carbocycles. The minimum Gasteiger partial charge on any atom is -0.384 e.